The number of nitrogens with one attached hydrogen (secondary N) is 1. The van der Waals surface area contributed by atoms with Crippen molar-refractivity contribution in [1.82, 2.24) is 0 Å². The molecule has 0 unspecified atom stereocenters. The van der Waals surface area contributed by atoms with Gasteiger partial charge in [-0.15, -0.1) is 0 Å². The second-order valence-electron chi connectivity index (χ2n) is 4.78. The van der Waals surface area contributed by atoms with Gasteiger partial charge in [0.25, 0.3) is 0 Å². The van der Waals surface area contributed by atoms with E-state index in [1.165, 1.54) is 18.2 Å². The summed E-state index contributed by atoms with van der Waals surface area (Å²) in [5.74, 6) is 1.61. The molecule has 0 saturated carbocycles. The molecule has 0 bridgehead atoms. The average Bonchev–Trinajstić information content (AvgIpc) is 2.92. The van der Waals surface area contributed by atoms with Crippen LogP contribution in [0.25, 0.3) is 0 Å². The molecule has 0 amide bonds. The third-order valence-electron chi connectivity index (χ3n) is 3.43. The topological polar surface area (TPSA) is 50.7 Å². The number of aromatic hydroxyl groups is 1. The lowest BCUT2D eigenvalue weighted by atomic mass is 10.1. The maximum Gasteiger partial charge on any atom is 0.160 e. The van der Waals surface area contributed by atoms with E-state index < -0.39 is 0 Å². The number of benzene rings is 2. The van der Waals surface area contributed by atoms with Crippen LogP contribution >= 0.6 is 0 Å². The number of hydrogen-bond acceptors (Lipinski definition) is 4. The Morgan fingerprint density at radius 1 is 1.25 bits per heavy atom. The van der Waals surface area contributed by atoms with Crippen LogP contribution in [0.1, 0.15) is 11.1 Å². The standard InChI is InChI=1S/C16H17NO3/c1-19-16-5-3-13(9-14(16)18)17-10-11-2-4-15-12(8-11)6-7-20-15/h2-5,8-9,17-18H,6-7,10H2,1H3. The van der Waals surface area contributed by atoms with Crippen LogP contribution in [0.5, 0.6) is 17.2 Å². The summed E-state index contributed by atoms with van der Waals surface area (Å²) in [5.41, 5.74) is 3.33. The number of methoxy groups -OCH3 is 1. The highest BCUT2D eigenvalue weighted by Crippen LogP contribution is 2.29. The molecule has 0 aliphatic carbocycles. The van der Waals surface area contributed by atoms with Gasteiger partial charge in [-0.2, -0.15) is 0 Å². The SMILES string of the molecule is COc1ccc(NCc2ccc3c(c2)CCO3)cc1O. The molecule has 4 heteroatoms. The first kappa shape index (κ1) is 12.7. The minimum absolute atomic E-state index is 0.139. The predicted molar refractivity (Wildman–Crippen MR) is 77.6 cm³/mol. The van der Waals surface area contributed by atoms with Gasteiger partial charge in [0.15, 0.2) is 11.5 Å². The molecule has 1 heterocycles. The van der Waals surface area contributed by atoms with Gasteiger partial charge in [0.05, 0.1) is 13.7 Å². The Balaban J connectivity index is 1.69. The van der Waals surface area contributed by atoms with Crippen molar-refractivity contribution in [2.75, 3.05) is 19.0 Å². The number of fused-ring (bicyclic) bond motifs is 1. The zero-order chi connectivity index (χ0) is 13.9. The highest BCUT2D eigenvalue weighted by Gasteiger charge is 2.11. The minimum atomic E-state index is 0.139. The normalized spacial score (nSPS) is 12.7. The third kappa shape index (κ3) is 2.50. The first-order chi connectivity index (χ1) is 9.76. The molecule has 1 aliphatic rings. The summed E-state index contributed by atoms with van der Waals surface area (Å²) in [4.78, 5) is 0. The average molecular weight is 271 g/mol. The quantitative estimate of drug-likeness (QED) is 0.897. The van der Waals surface area contributed by atoms with Crippen molar-refractivity contribution < 1.29 is 14.6 Å². The van der Waals surface area contributed by atoms with Gasteiger partial charge in [-0.25, -0.2) is 0 Å². The van der Waals surface area contributed by atoms with E-state index in [0.717, 1.165) is 24.5 Å². The van der Waals surface area contributed by atoms with Crippen LogP contribution in [0.4, 0.5) is 5.69 Å². The summed E-state index contributed by atoms with van der Waals surface area (Å²) in [6, 6.07) is 11.5. The fourth-order valence-electron chi connectivity index (χ4n) is 2.35. The van der Waals surface area contributed by atoms with Crippen LogP contribution in [0.15, 0.2) is 36.4 Å². The summed E-state index contributed by atoms with van der Waals surface area (Å²) in [6.07, 6.45) is 0.979. The van der Waals surface area contributed by atoms with Crippen molar-refractivity contribution in [3.63, 3.8) is 0 Å². The fourth-order valence-corrected chi connectivity index (χ4v) is 2.35. The summed E-state index contributed by atoms with van der Waals surface area (Å²) in [5, 5.41) is 13.0. The third-order valence-corrected chi connectivity index (χ3v) is 3.43. The lowest BCUT2D eigenvalue weighted by molar-refractivity contribution is 0.357. The Kier molecular flexibility index (Phi) is 3.37. The highest BCUT2D eigenvalue weighted by atomic mass is 16.5. The number of phenolic OH excluding ortho intramolecular Hbond substituents is 1. The van der Waals surface area contributed by atoms with Crippen molar-refractivity contribution in [3.05, 3.63) is 47.5 Å². The van der Waals surface area contributed by atoms with Crippen LogP contribution < -0.4 is 14.8 Å². The minimum Gasteiger partial charge on any atom is -0.504 e. The van der Waals surface area contributed by atoms with E-state index in [1.54, 1.807) is 12.1 Å². The molecule has 0 aromatic heterocycles. The number of ether oxygens (including phenoxy) is 2. The van der Waals surface area contributed by atoms with Crippen LogP contribution in [0.3, 0.4) is 0 Å². The highest BCUT2D eigenvalue weighted by molar-refractivity contribution is 5.54. The number of rotatable bonds is 4. The Hall–Kier alpha value is -2.36. The molecule has 1 aliphatic heterocycles. The maximum absolute atomic E-state index is 9.73. The van der Waals surface area contributed by atoms with Crippen molar-refractivity contribution >= 4 is 5.69 Å². The Bertz CT molecular complexity index is 625. The molecular formula is C16H17NO3. The lowest BCUT2D eigenvalue weighted by Crippen LogP contribution is -1.99. The second-order valence-corrected chi connectivity index (χ2v) is 4.78. The van der Waals surface area contributed by atoms with E-state index in [2.05, 4.69) is 17.4 Å². The molecule has 0 spiro atoms. The zero-order valence-corrected chi connectivity index (χ0v) is 11.3. The predicted octanol–water partition coefficient (Wildman–Crippen LogP) is 2.95. The summed E-state index contributed by atoms with van der Waals surface area (Å²) < 4.78 is 10.5. The molecule has 4 nitrogen and oxygen atoms in total. The molecule has 0 atom stereocenters. The number of anilines is 1. The van der Waals surface area contributed by atoms with E-state index in [-0.39, 0.29) is 5.75 Å². The van der Waals surface area contributed by atoms with E-state index in [1.807, 2.05) is 12.1 Å². The molecule has 0 saturated heterocycles. The van der Waals surface area contributed by atoms with E-state index in [4.69, 9.17) is 9.47 Å². The van der Waals surface area contributed by atoms with E-state index >= 15 is 0 Å². The lowest BCUT2D eigenvalue weighted by Gasteiger charge is -2.10. The molecule has 3 rings (SSSR count). The van der Waals surface area contributed by atoms with Crippen molar-refractivity contribution in [2.45, 2.75) is 13.0 Å². The first-order valence-electron chi connectivity index (χ1n) is 6.62. The van der Waals surface area contributed by atoms with Gasteiger partial charge >= 0.3 is 0 Å². The molecule has 0 fully saturated rings. The zero-order valence-electron chi connectivity index (χ0n) is 11.3. The maximum atomic E-state index is 9.73. The smallest absolute Gasteiger partial charge is 0.160 e. The number of hydrogen-bond donors (Lipinski definition) is 2. The first-order valence-corrected chi connectivity index (χ1v) is 6.62. The molecular weight excluding hydrogens is 254 g/mol. The van der Waals surface area contributed by atoms with Gasteiger partial charge in [0.2, 0.25) is 0 Å². The number of phenols is 1. The molecule has 2 N–H and O–H groups in total. The largest absolute Gasteiger partial charge is 0.504 e. The summed E-state index contributed by atoms with van der Waals surface area (Å²) in [6.45, 7) is 1.48. The fraction of sp³-hybridized carbons (Fsp3) is 0.250. The van der Waals surface area contributed by atoms with Crippen molar-refractivity contribution in [1.29, 1.82) is 0 Å². The van der Waals surface area contributed by atoms with Gasteiger partial charge in [-0.1, -0.05) is 12.1 Å². The van der Waals surface area contributed by atoms with Gasteiger partial charge in [-0.3, -0.25) is 0 Å². The summed E-state index contributed by atoms with van der Waals surface area (Å²) in [7, 11) is 1.54. The Morgan fingerprint density at radius 2 is 2.15 bits per heavy atom. The Morgan fingerprint density at radius 3 is 2.95 bits per heavy atom. The molecule has 2 aromatic carbocycles. The van der Waals surface area contributed by atoms with E-state index in [9.17, 15) is 5.11 Å². The van der Waals surface area contributed by atoms with Gasteiger partial charge in [-0.05, 0) is 29.3 Å². The summed E-state index contributed by atoms with van der Waals surface area (Å²) >= 11 is 0. The molecule has 20 heavy (non-hydrogen) atoms. The van der Waals surface area contributed by atoms with Crippen molar-refractivity contribution in [3.8, 4) is 17.2 Å². The van der Waals surface area contributed by atoms with E-state index in [0.29, 0.717) is 12.3 Å². The van der Waals surface area contributed by atoms with Crippen LogP contribution in [0, 0.1) is 0 Å². The second kappa shape index (κ2) is 5.33. The molecule has 0 radical (unpaired) electrons. The van der Waals surface area contributed by atoms with Crippen LogP contribution in [0.2, 0.25) is 0 Å². The van der Waals surface area contributed by atoms with Gasteiger partial charge in [0.1, 0.15) is 5.75 Å². The Labute approximate surface area is 118 Å². The van der Waals surface area contributed by atoms with Gasteiger partial charge in [0, 0.05) is 24.7 Å². The molecule has 104 valence electrons. The van der Waals surface area contributed by atoms with Crippen molar-refractivity contribution in [2.24, 2.45) is 0 Å². The van der Waals surface area contributed by atoms with Gasteiger partial charge < -0.3 is 19.9 Å². The van der Waals surface area contributed by atoms with Crippen LogP contribution in [-0.4, -0.2) is 18.8 Å². The van der Waals surface area contributed by atoms with Crippen LogP contribution in [-0.2, 0) is 13.0 Å². The monoisotopic (exact) mass is 271 g/mol. The molecule has 2 aromatic rings.